The van der Waals surface area contributed by atoms with Crippen molar-refractivity contribution < 1.29 is 9.47 Å². The molecule has 0 saturated carbocycles. The molecule has 7 heteroatoms. The number of methoxy groups -OCH3 is 2. The van der Waals surface area contributed by atoms with Crippen LogP contribution in [0.2, 0.25) is 0 Å². The van der Waals surface area contributed by atoms with Crippen molar-refractivity contribution in [3.05, 3.63) is 6.07 Å². The van der Waals surface area contributed by atoms with Gasteiger partial charge in [-0.2, -0.15) is 5.26 Å². The van der Waals surface area contributed by atoms with E-state index >= 15 is 0 Å². The van der Waals surface area contributed by atoms with E-state index < -0.39 is 0 Å². The summed E-state index contributed by atoms with van der Waals surface area (Å²) in [5.41, 5.74) is 6.35. The first-order valence-electron chi connectivity index (χ1n) is 4.58. The van der Waals surface area contributed by atoms with E-state index in [4.69, 9.17) is 20.5 Å². The number of aromatic nitrogens is 1. The normalized spacial score (nSPS) is 10.2. The van der Waals surface area contributed by atoms with E-state index in [-0.39, 0.29) is 0 Å². The zero-order valence-corrected chi connectivity index (χ0v) is 10.8. The van der Waals surface area contributed by atoms with Gasteiger partial charge in [0.05, 0.1) is 19.1 Å². The number of benzene rings is 1. The molecule has 1 heterocycles. The molecule has 0 radical (unpaired) electrons. The fourth-order valence-electron chi connectivity index (χ4n) is 1.50. The molecule has 2 rings (SSSR count). The van der Waals surface area contributed by atoms with E-state index in [0.29, 0.717) is 27.0 Å². The zero-order chi connectivity index (χ0) is 12.4. The fraction of sp³-hybridized carbons (Fsp3) is 0.200. The number of hydrogen-bond acceptors (Lipinski definition) is 7. The van der Waals surface area contributed by atoms with Crippen LogP contribution >= 0.6 is 23.1 Å². The molecule has 1 aromatic carbocycles. The van der Waals surface area contributed by atoms with Gasteiger partial charge < -0.3 is 15.2 Å². The van der Waals surface area contributed by atoms with Crippen LogP contribution in [-0.4, -0.2) is 19.2 Å². The largest absolute Gasteiger partial charge is 0.494 e. The Balaban J connectivity index is 2.79. The third-order valence-corrected chi connectivity index (χ3v) is 3.65. The molecule has 0 bridgehead atoms. The maximum atomic E-state index is 8.76. The fourth-order valence-corrected chi connectivity index (χ4v) is 2.98. The molecule has 2 N–H and O–H groups in total. The van der Waals surface area contributed by atoms with Crippen molar-refractivity contribution in [1.29, 1.82) is 5.26 Å². The Hall–Kier alpha value is -1.65. The first-order valence-corrected chi connectivity index (χ1v) is 6.21. The highest BCUT2D eigenvalue weighted by Crippen LogP contribution is 2.44. The van der Waals surface area contributed by atoms with Gasteiger partial charge in [-0.3, -0.25) is 0 Å². The summed E-state index contributed by atoms with van der Waals surface area (Å²) < 4.78 is 11.3. The van der Waals surface area contributed by atoms with Crippen LogP contribution < -0.4 is 15.2 Å². The van der Waals surface area contributed by atoms with Crippen molar-refractivity contribution in [3.8, 4) is 16.9 Å². The number of nitriles is 1. The van der Waals surface area contributed by atoms with E-state index in [1.807, 2.05) is 5.40 Å². The molecule has 1 aromatic heterocycles. The number of thioether (sulfide) groups is 1. The van der Waals surface area contributed by atoms with Crippen LogP contribution in [0.25, 0.3) is 10.2 Å². The third kappa shape index (κ3) is 1.97. The number of rotatable bonds is 3. The predicted octanol–water partition coefficient (Wildman–Crippen LogP) is 2.47. The minimum Gasteiger partial charge on any atom is -0.494 e. The molecule has 0 aliphatic carbocycles. The van der Waals surface area contributed by atoms with E-state index in [1.165, 1.54) is 11.3 Å². The molecule has 0 aliphatic heterocycles. The van der Waals surface area contributed by atoms with Crippen LogP contribution in [0.4, 0.5) is 5.13 Å². The number of nitrogens with zero attached hydrogens (tertiary/aromatic N) is 2. The molecular weight excluding hydrogens is 258 g/mol. The van der Waals surface area contributed by atoms with Crippen molar-refractivity contribution in [1.82, 2.24) is 4.98 Å². The summed E-state index contributed by atoms with van der Waals surface area (Å²) in [7, 11) is 3.11. The van der Waals surface area contributed by atoms with E-state index in [2.05, 4.69) is 4.98 Å². The molecular formula is C10H9N3O2S2. The lowest BCUT2D eigenvalue weighted by Crippen LogP contribution is -1.90. The van der Waals surface area contributed by atoms with Gasteiger partial charge in [0.25, 0.3) is 0 Å². The van der Waals surface area contributed by atoms with Crippen LogP contribution in [0, 0.1) is 10.7 Å². The Labute approximate surface area is 106 Å². The lowest BCUT2D eigenvalue weighted by Gasteiger charge is -2.08. The molecule has 88 valence electrons. The summed E-state index contributed by atoms with van der Waals surface area (Å²) in [5.74, 6) is 1.20. The first kappa shape index (κ1) is 11.8. The number of thiocyanates is 1. The van der Waals surface area contributed by atoms with Crippen LogP contribution in [0.1, 0.15) is 0 Å². The van der Waals surface area contributed by atoms with Gasteiger partial charge in [0.15, 0.2) is 10.9 Å². The van der Waals surface area contributed by atoms with Gasteiger partial charge in [0, 0.05) is 6.07 Å². The van der Waals surface area contributed by atoms with Gasteiger partial charge in [-0.1, -0.05) is 11.3 Å². The number of hydrogen-bond donors (Lipinski definition) is 1. The Morgan fingerprint density at radius 1 is 1.47 bits per heavy atom. The average molecular weight is 267 g/mol. The number of fused-ring (bicyclic) bond motifs is 1. The van der Waals surface area contributed by atoms with E-state index in [0.717, 1.165) is 16.5 Å². The Morgan fingerprint density at radius 2 is 2.24 bits per heavy atom. The smallest absolute Gasteiger partial charge is 0.181 e. The van der Waals surface area contributed by atoms with Crippen molar-refractivity contribution in [2.45, 2.75) is 4.90 Å². The second-order valence-electron chi connectivity index (χ2n) is 3.03. The second kappa shape index (κ2) is 4.69. The number of nitrogens with two attached hydrogens (primary N) is 1. The summed E-state index contributed by atoms with van der Waals surface area (Å²) in [4.78, 5) is 4.89. The van der Waals surface area contributed by atoms with Gasteiger partial charge in [0.1, 0.15) is 21.4 Å². The maximum absolute atomic E-state index is 8.76. The predicted molar refractivity (Wildman–Crippen MR) is 68.6 cm³/mol. The van der Waals surface area contributed by atoms with Crippen LogP contribution in [0.5, 0.6) is 11.5 Å². The minimum atomic E-state index is 0.440. The molecule has 0 spiro atoms. The molecule has 0 aliphatic rings. The Kier molecular flexibility index (Phi) is 3.26. The Morgan fingerprint density at radius 3 is 2.82 bits per heavy atom. The number of nitrogen functional groups attached to an aromatic ring is 1. The lowest BCUT2D eigenvalue weighted by atomic mass is 10.3. The van der Waals surface area contributed by atoms with Crippen molar-refractivity contribution in [2.75, 3.05) is 20.0 Å². The maximum Gasteiger partial charge on any atom is 0.181 e. The van der Waals surface area contributed by atoms with Gasteiger partial charge in [-0.15, -0.1) is 0 Å². The lowest BCUT2D eigenvalue weighted by molar-refractivity contribution is 0.402. The molecule has 0 saturated heterocycles. The van der Waals surface area contributed by atoms with Gasteiger partial charge >= 0.3 is 0 Å². The van der Waals surface area contributed by atoms with Crippen LogP contribution in [0.15, 0.2) is 11.0 Å². The van der Waals surface area contributed by atoms with Crippen LogP contribution in [-0.2, 0) is 0 Å². The molecule has 17 heavy (non-hydrogen) atoms. The van der Waals surface area contributed by atoms with Crippen molar-refractivity contribution in [3.63, 3.8) is 0 Å². The van der Waals surface area contributed by atoms with Gasteiger partial charge in [-0.05, 0) is 11.8 Å². The van der Waals surface area contributed by atoms with E-state index in [9.17, 15) is 0 Å². The molecule has 5 nitrogen and oxygen atoms in total. The van der Waals surface area contributed by atoms with Gasteiger partial charge in [-0.25, -0.2) is 4.98 Å². The van der Waals surface area contributed by atoms with Crippen LogP contribution in [0.3, 0.4) is 0 Å². The molecule has 0 unspecified atom stereocenters. The average Bonchev–Trinajstić information content (AvgIpc) is 2.69. The highest BCUT2D eigenvalue weighted by molar-refractivity contribution is 8.03. The second-order valence-corrected chi connectivity index (χ2v) is 4.89. The standard InChI is InChI=1S/C10H9N3O2S2/c1-14-5-3-6(16-4-11)8(15-2)9-7(5)13-10(12)17-9/h3H,1-2H3,(H2,12,13). The van der Waals surface area contributed by atoms with Gasteiger partial charge in [0.2, 0.25) is 0 Å². The van der Waals surface area contributed by atoms with E-state index in [1.54, 1.807) is 20.3 Å². The number of thiazole rings is 1. The summed E-state index contributed by atoms with van der Waals surface area (Å²) in [6.45, 7) is 0. The summed E-state index contributed by atoms with van der Waals surface area (Å²) >= 11 is 2.33. The first-order chi connectivity index (χ1) is 8.21. The highest BCUT2D eigenvalue weighted by atomic mass is 32.2. The topological polar surface area (TPSA) is 81.2 Å². The quantitative estimate of drug-likeness (QED) is 0.679. The summed E-state index contributed by atoms with van der Waals surface area (Å²) in [5, 5.41) is 11.2. The van der Waals surface area contributed by atoms with Crippen molar-refractivity contribution >= 4 is 38.4 Å². The van der Waals surface area contributed by atoms with Crippen molar-refractivity contribution in [2.24, 2.45) is 0 Å². The summed E-state index contributed by atoms with van der Waals surface area (Å²) in [6, 6.07) is 1.73. The molecule has 2 aromatic rings. The minimum absolute atomic E-state index is 0.440. The third-order valence-electron chi connectivity index (χ3n) is 2.15. The number of anilines is 1. The SMILES string of the molecule is COc1cc(SC#N)c(OC)c2sc(N)nc12. The number of ether oxygens (including phenoxy) is 2. The molecule has 0 atom stereocenters. The zero-order valence-electron chi connectivity index (χ0n) is 9.18. The Bertz CT molecular complexity index is 604. The molecule has 0 fully saturated rings. The summed E-state index contributed by atoms with van der Waals surface area (Å²) in [6.07, 6.45) is 0. The molecule has 0 amide bonds. The highest BCUT2D eigenvalue weighted by Gasteiger charge is 2.17. The monoisotopic (exact) mass is 267 g/mol.